The van der Waals surface area contributed by atoms with Gasteiger partial charge in [-0.1, -0.05) is 12.1 Å². The first-order valence-corrected chi connectivity index (χ1v) is 14.3. The molecule has 2 aromatic heterocycles. The molecule has 3 aliphatic rings. The number of rotatable bonds is 8. The fourth-order valence-corrected chi connectivity index (χ4v) is 5.83. The molecule has 1 saturated carbocycles. The van der Waals surface area contributed by atoms with Gasteiger partial charge in [0.25, 0.3) is 11.8 Å². The number of anilines is 3. The van der Waals surface area contributed by atoms with E-state index in [1.165, 1.54) is 18.4 Å². The summed E-state index contributed by atoms with van der Waals surface area (Å²) in [5.74, 6) is 0.861. The Bertz CT molecular complexity index is 1360. The summed E-state index contributed by atoms with van der Waals surface area (Å²) in [5, 5.41) is 14.3. The fourth-order valence-electron chi connectivity index (χ4n) is 5.83. The van der Waals surface area contributed by atoms with Crippen molar-refractivity contribution in [3.05, 3.63) is 59.7 Å². The molecule has 1 aliphatic carbocycles. The van der Waals surface area contributed by atoms with Gasteiger partial charge in [-0.3, -0.25) is 14.3 Å². The number of amides is 2. The van der Waals surface area contributed by atoms with E-state index in [0.29, 0.717) is 29.2 Å². The average Bonchev–Trinajstić information content (AvgIpc) is 3.73. The van der Waals surface area contributed by atoms with Gasteiger partial charge < -0.3 is 26.6 Å². The van der Waals surface area contributed by atoms with Crippen LogP contribution >= 0.6 is 0 Å². The van der Waals surface area contributed by atoms with E-state index >= 15 is 0 Å². The summed E-state index contributed by atoms with van der Waals surface area (Å²) in [6, 6.07) is 8.26. The Kier molecular flexibility index (Phi) is 7.38. The number of hydrogen-bond acceptors (Lipinski definition) is 8. The molecule has 210 valence electrons. The third-order valence-corrected chi connectivity index (χ3v) is 8.36. The number of carbonyl (C=O) groups is 2. The molecule has 0 unspecified atom stereocenters. The highest BCUT2D eigenvalue weighted by atomic mass is 16.2. The smallest absolute Gasteiger partial charge is 0.271 e. The van der Waals surface area contributed by atoms with Crippen molar-refractivity contribution in [2.45, 2.75) is 69.5 Å². The van der Waals surface area contributed by atoms with E-state index in [9.17, 15) is 9.59 Å². The Hall–Kier alpha value is -3.99. The summed E-state index contributed by atoms with van der Waals surface area (Å²) in [6.07, 6.45) is 11.5. The van der Waals surface area contributed by atoms with Crippen molar-refractivity contribution >= 4 is 29.1 Å². The van der Waals surface area contributed by atoms with Gasteiger partial charge in [0, 0.05) is 30.4 Å². The highest BCUT2D eigenvalue weighted by Crippen LogP contribution is 2.40. The predicted molar refractivity (Wildman–Crippen MR) is 153 cm³/mol. The van der Waals surface area contributed by atoms with Crippen LogP contribution in [0.1, 0.15) is 83.8 Å². The number of carbonyl (C=O) groups excluding carboxylic acids is 2. The van der Waals surface area contributed by atoms with E-state index in [1.807, 2.05) is 23.0 Å². The Morgan fingerprint density at radius 3 is 2.55 bits per heavy atom. The summed E-state index contributed by atoms with van der Waals surface area (Å²) in [6.45, 7) is 4.78. The van der Waals surface area contributed by atoms with Crippen molar-refractivity contribution in [1.29, 1.82) is 0 Å². The van der Waals surface area contributed by atoms with E-state index in [1.54, 1.807) is 12.4 Å². The number of nitrogens with one attached hydrogen (secondary N) is 3. The Labute approximate surface area is 233 Å². The summed E-state index contributed by atoms with van der Waals surface area (Å²) in [7, 11) is 0. The van der Waals surface area contributed by atoms with Crippen LogP contribution < -0.4 is 26.6 Å². The molecule has 1 aromatic carbocycles. The maximum Gasteiger partial charge on any atom is 0.271 e. The summed E-state index contributed by atoms with van der Waals surface area (Å²) >= 11 is 0. The van der Waals surface area contributed by atoms with Crippen LogP contribution in [0, 0.1) is 0 Å². The Morgan fingerprint density at radius 1 is 1.05 bits per heavy atom. The van der Waals surface area contributed by atoms with Crippen molar-refractivity contribution in [2.75, 3.05) is 29.9 Å². The number of aromatic nitrogens is 4. The lowest BCUT2D eigenvalue weighted by Crippen LogP contribution is -2.54. The number of primary amides is 1. The third-order valence-electron chi connectivity index (χ3n) is 8.36. The molecule has 2 amide bonds. The zero-order valence-electron chi connectivity index (χ0n) is 22.8. The number of hydrogen-bond donors (Lipinski definition) is 4. The quantitative estimate of drug-likeness (QED) is 0.339. The van der Waals surface area contributed by atoms with Gasteiger partial charge in [0.15, 0.2) is 11.5 Å². The summed E-state index contributed by atoms with van der Waals surface area (Å²) in [5.41, 5.74) is 8.42. The molecule has 11 nitrogen and oxygen atoms in total. The van der Waals surface area contributed by atoms with Crippen LogP contribution in [0.5, 0.6) is 0 Å². The van der Waals surface area contributed by atoms with Crippen LogP contribution in [0.4, 0.5) is 17.3 Å². The van der Waals surface area contributed by atoms with Crippen LogP contribution in [0.3, 0.4) is 0 Å². The molecule has 0 radical (unpaired) electrons. The van der Waals surface area contributed by atoms with Gasteiger partial charge in [0.1, 0.15) is 5.82 Å². The Balaban J connectivity index is 1.17. The number of nitrogens with two attached hydrogens (primary N) is 1. The molecule has 40 heavy (non-hydrogen) atoms. The zero-order valence-corrected chi connectivity index (χ0v) is 22.8. The fraction of sp³-hybridized carbons (Fsp3) is 0.483. The molecule has 0 spiro atoms. The van der Waals surface area contributed by atoms with Gasteiger partial charge >= 0.3 is 0 Å². The maximum absolute atomic E-state index is 13.1. The van der Waals surface area contributed by atoms with Crippen molar-refractivity contribution in [3.8, 4) is 0 Å². The molecule has 2 atom stereocenters. The zero-order chi connectivity index (χ0) is 27.6. The largest absolute Gasteiger partial charge is 0.364 e. The van der Waals surface area contributed by atoms with E-state index in [0.717, 1.165) is 51.0 Å². The van der Waals surface area contributed by atoms with Crippen LogP contribution in [0.25, 0.3) is 0 Å². The van der Waals surface area contributed by atoms with Crippen molar-refractivity contribution in [3.63, 3.8) is 0 Å². The SMILES string of the molecule is C[C@@H]1[C@H](NC(=O)c2ccc(C3CC3)cc2)CCCN1c1cnc(C(N)=O)c(Nc2cnn(C3CCNCC3)c2)n1. The minimum atomic E-state index is -0.656. The van der Waals surface area contributed by atoms with Crippen LogP contribution in [-0.4, -0.2) is 63.3 Å². The van der Waals surface area contributed by atoms with Gasteiger partial charge in [0.2, 0.25) is 0 Å². The maximum atomic E-state index is 13.1. The van der Waals surface area contributed by atoms with E-state index < -0.39 is 5.91 Å². The average molecular weight is 544 g/mol. The van der Waals surface area contributed by atoms with Crippen molar-refractivity contribution in [2.24, 2.45) is 5.73 Å². The first kappa shape index (κ1) is 26.2. The summed E-state index contributed by atoms with van der Waals surface area (Å²) in [4.78, 5) is 36.5. The lowest BCUT2D eigenvalue weighted by molar-refractivity contribution is 0.0923. The molecule has 5 N–H and O–H groups in total. The van der Waals surface area contributed by atoms with E-state index in [2.05, 4.69) is 50.0 Å². The molecule has 4 heterocycles. The number of benzene rings is 1. The standard InChI is InChI=1S/C29H37N9O2/c1-18-24(35-29(40)21-8-6-20(7-9-21)19-4-5-19)3-2-14-37(18)25-16-32-26(27(30)39)28(36-25)34-22-15-33-38(17-22)23-10-12-31-13-11-23/h6-9,15-19,23-24,31H,2-5,10-14H2,1H3,(H2,30,39)(H,34,36)(H,35,40)/t18-,24-/m1/s1. The van der Waals surface area contributed by atoms with Gasteiger partial charge in [-0.05, 0) is 82.2 Å². The van der Waals surface area contributed by atoms with Crippen LogP contribution in [0.2, 0.25) is 0 Å². The lowest BCUT2D eigenvalue weighted by Gasteiger charge is -2.40. The molecular formula is C29H37N9O2. The minimum Gasteiger partial charge on any atom is -0.364 e. The lowest BCUT2D eigenvalue weighted by atomic mass is 9.97. The second kappa shape index (κ2) is 11.2. The molecule has 2 aliphatic heterocycles. The van der Waals surface area contributed by atoms with Gasteiger partial charge in [-0.25, -0.2) is 9.97 Å². The topological polar surface area (TPSA) is 143 Å². The van der Waals surface area contributed by atoms with Crippen molar-refractivity contribution in [1.82, 2.24) is 30.4 Å². The van der Waals surface area contributed by atoms with Gasteiger partial charge in [0.05, 0.1) is 24.1 Å². The minimum absolute atomic E-state index is 0.0207. The highest BCUT2D eigenvalue weighted by molar-refractivity contribution is 5.96. The molecule has 2 saturated heterocycles. The first-order chi connectivity index (χ1) is 19.5. The van der Waals surface area contributed by atoms with E-state index in [4.69, 9.17) is 10.7 Å². The number of piperidine rings is 2. The molecular weight excluding hydrogens is 506 g/mol. The third kappa shape index (κ3) is 5.65. The van der Waals surface area contributed by atoms with E-state index in [-0.39, 0.29) is 23.7 Å². The molecule has 11 heteroatoms. The number of nitrogens with zero attached hydrogens (tertiary/aromatic N) is 5. The molecule has 0 bridgehead atoms. The molecule has 3 aromatic rings. The second-order valence-electron chi connectivity index (χ2n) is 11.2. The normalized spacial score (nSPS) is 21.7. The second-order valence-corrected chi connectivity index (χ2v) is 11.2. The Morgan fingerprint density at radius 2 is 1.82 bits per heavy atom. The summed E-state index contributed by atoms with van der Waals surface area (Å²) < 4.78 is 1.96. The van der Waals surface area contributed by atoms with Crippen molar-refractivity contribution < 1.29 is 9.59 Å². The van der Waals surface area contributed by atoms with Gasteiger partial charge in [-0.15, -0.1) is 0 Å². The monoisotopic (exact) mass is 543 g/mol. The van der Waals surface area contributed by atoms with Gasteiger partial charge in [-0.2, -0.15) is 5.10 Å². The molecule has 6 rings (SSSR count). The predicted octanol–water partition coefficient (Wildman–Crippen LogP) is 3.10. The van der Waals surface area contributed by atoms with Crippen LogP contribution in [-0.2, 0) is 0 Å². The molecule has 3 fully saturated rings. The first-order valence-electron chi connectivity index (χ1n) is 14.3. The highest BCUT2D eigenvalue weighted by Gasteiger charge is 2.31. The van der Waals surface area contributed by atoms with Crippen LogP contribution in [0.15, 0.2) is 42.9 Å².